The molecule has 2 aromatic heterocycles. The minimum Gasteiger partial charge on any atom is -0.506 e. The Morgan fingerprint density at radius 3 is 2.50 bits per heavy atom. The predicted octanol–water partition coefficient (Wildman–Crippen LogP) is 2.04. The van der Waals surface area contributed by atoms with Crippen LogP contribution < -0.4 is 4.90 Å². The Labute approximate surface area is 144 Å². The first-order valence-electron chi connectivity index (χ1n) is 7.90. The van der Waals surface area contributed by atoms with Crippen LogP contribution in [0, 0.1) is 11.8 Å². The molecule has 0 radical (unpaired) electrons. The molecule has 2 aliphatic rings. The molecular formula is C17H17ClN4O2. The number of likely N-dealkylation sites (tertiary alicyclic amines) is 1. The molecule has 124 valence electrons. The van der Waals surface area contributed by atoms with Crippen LogP contribution in [-0.2, 0) is 0 Å². The van der Waals surface area contributed by atoms with Gasteiger partial charge in [0.2, 0.25) is 0 Å². The molecule has 2 fully saturated rings. The summed E-state index contributed by atoms with van der Waals surface area (Å²) in [5.41, 5.74) is 0.436. The van der Waals surface area contributed by atoms with E-state index in [1.807, 2.05) is 17.0 Å². The SMILES string of the molecule is O=C(c1cncc(O)c1)N1CC2CN(c3ccc(Cl)cn3)CC2C1. The van der Waals surface area contributed by atoms with Crippen molar-refractivity contribution in [3.05, 3.63) is 47.4 Å². The molecule has 2 aliphatic heterocycles. The number of halogens is 1. The first-order chi connectivity index (χ1) is 11.6. The number of aromatic nitrogens is 2. The highest BCUT2D eigenvalue weighted by molar-refractivity contribution is 6.30. The van der Waals surface area contributed by atoms with E-state index in [9.17, 15) is 9.90 Å². The Morgan fingerprint density at radius 2 is 1.88 bits per heavy atom. The summed E-state index contributed by atoms with van der Waals surface area (Å²) in [6, 6.07) is 5.25. The average Bonchev–Trinajstić information content (AvgIpc) is 3.13. The highest BCUT2D eigenvalue weighted by Crippen LogP contribution is 2.34. The number of rotatable bonds is 2. The summed E-state index contributed by atoms with van der Waals surface area (Å²) in [7, 11) is 0. The molecule has 0 spiro atoms. The second-order valence-corrected chi connectivity index (χ2v) is 6.84. The Kier molecular flexibility index (Phi) is 3.76. The number of carbonyl (C=O) groups is 1. The van der Waals surface area contributed by atoms with Gasteiger partial charge >= 0.3 is 0 Å². The van der Waals surface area contributed by atoms with Crippen LogP contribution in [0.25, 0.3) is 0 Å². The van der Waals surface area contributed by atoms with Crippen LogP contribution in [0.1, 0.15) is 10.4 Å². The standard InChI is InChI=1S/C17H17ClN4O2/c18-14-1-2-16(20-5-14)21-7-12-9-22(10-13(12)8-21)17(24)11-3-15(23)6-19-4-11/h1-6,12-13,23H,7-10H2. The van der Waals surface area contributed by atoms with E-state index < -0.39 is 0 Å². The van der Waals surface area contributed by atoms with E-state index in [4.69, 9.17) is 11.6 Å². The summed E-state index contributed by atoms with van der Waals surface area (Å²) in [5.74, 6) is 1.77. The molecular weight excluding hydrogens is 328 g/mol. The van der Waals surface area contributed by atoms with Crippen LogP contribution in [-0.4, -0.2) is 52.1 Å². The Bertz CT molecular complexity index is 753. The second-order valence-electron chi connectivity index (χ2n) is 6.40. The third-order valence-electron chi connectivity index (χ3n) is 4.78. The van der Waals surface area contributed by atoms with Gasteiger partial charge in [-0.3, -0.25) is 9.78 Å². The van der Waals surface area contributed by atoms with E-state index in [0.717, 1.165) is 32.0 Å². The molecule has 4 rings (SSSR count). The van der Waals surface area contributed by atoms with Gasteiger partial charge in [0.05, 0.1) is 16.8 Å². The number of amides is 1. The van der Waals surface area contributed by atoms with Crippen LogP contribution in [0.3, 0.4) is 0 Å². The Hall–Kier alpha value is -2.34. The van der Waals surface area contributed by atoms with Crippen molar-refractivity contribution < 1.29 is 9.90 Å². The van der Waals surface area contributed by atoms with Crippen molar-refractivity contribution in [3.8, 4) is 5.75 Å². The third kappa shape index (κ3) is 2.78. The predicted molar refractivity (Wildman–Crippen MR) is 90.2 cm³/mol. The van der Waals surface area contributed by atoms with E-state index in [0.29, 0.717) is 22.4 Å². The smallest absolute Gasteiger partial charge is 0.255 e. The van der Waals surface area contributed by atoms with E-state index >= 15 is 0 Å². The molecule has 2 saturated heterocycles. The first kappa shape index (κ1) is 15.2. The number of hydrogen-bond acceptors (Lipinski definition) is 5. The summed E-state index contributed by atoms with van der Waals surface area (Å²) < 4.78 is 0. The van der Waals surface area contributed by atoms with Crippen molar-refractivity contribution in [1.82, 2.24) is 14.9 Å². The van der Waals surface area contributed by atoms with Gasteiger partial charge in [-0.1, -0.05) is 11.6 Å². The maximum atomic E-state index is 12.6. The first-order valence-corrected chi connectivity index (χ1v) is 8.28. The van der Waals surface area contributed by atoms with E-state index in [1.165, 1.54) is 18.5 Å². The lowest BCUT2D eigenvalue weighted by atomic mass is 10.0. The number of anilines is 1. The van der Waals surface area contributed by atoms with Gasteiger partial charge < -0.3 is 14.9 Å². The highest BCUT2D eigenvalue weighted by Gasteiger charge is 2.42. The second kappa shape index (κ2) is 5.94. The Balaban J connectivity index is 1.42. The number of carbonyl (C=O) groups excluding carboxylic acids is 1. The van der Waals surface area contributed by atoms with Gasteiger partial charge in [-0.25, -0.2) is 4.98 Å². The van der Waals surface area contributed by atoms with Crippen molar-refractivity contribution >= 4 is 23.3 Å². The lowest BCUT2D eigenvalue weighted by Gasteiger charge is -2.22. The van der Waals surface area contributed by atoms with Crippen LogP contribution in [0.4, 0.5) is 5.82 Å². The zero-order valence-corrected chi connectivity index (χ0v) is 13.7. The number of aromatic hydroxyl groups is 1. The van der Waals surface area contributed by atoms with Crippen LogP contribution in [0.2, 0.25) is 5.02 Å². The van der Waals surface area contributed by atoms with Crippen molar-refractivity contribution in [2.45, 2.75) is 0 Å². The summed E-state index contributed by atoms with van der Waals surface area (Å²) >= 11 is 5.89. The van der Waals surface area contributed by atoms with Gasteiger partial charge in [-0.2, -0.15) is 0 Å². The monoisotopic (exact) mass is 344 g/mol. The molecule has 1 N–H and O–H groups in total. The molecule has 0 aliphatic carbocycles. The minimum atomic E-state index is -0.0658. The van der Waals surface area contributed by atoms with Crippen LogP contribution >= 0.6 is 11.6 Å². The summed E-state index contributed by atoms with van der Waals surface area (Å²) in [6.45, 7) is 3.23. The van der Waals surface area contributed by atoms with Gasteiger partial charge in [-0.05, 0) is 18.2 Å². The van der Waals surface area contributed by atoms with Crippen LogP contribution in [0.5, 0.6) is 5.75 Å². The maximum Gasteiger partial charge on any atom is 0.255 e. The minimum absolute atomic E-state index is 0.0141. The van der Waals surface area contributed by atoms with Gasteiger partial charge in [0.1, 0.15) is 11.6 Å². The lowest BCUT2D eigenvalue weighted by molar-refractivity contribution is 0.0781. The van der Waals surface area contributed by atoms with Crippen molar-refractivity contribution in [2.24, 2.45) is 11.8 Å². The molecule has 24 heavy (non-hydrogen) atoms. The number of pyridine rings is 2. The van der Waals surface area contributed by atoms with Gasteiger partial charge in [-0.15, -0.1) is 0 Å². The number of fused-ring (bicyclic) bond motifs is 1. The molecule has 0 saturated carbocycles. The summed E-state index contributed by atoms with van der Waals surface area (Å²) in [4.78, 5) is 24.9. The third-order valence-corrected chi connectivity index (χ3v) is 5.00. The zero-order chi connectivity index (χ0) is 16.7. The quantitative estimate of drug-likeness (QED) is 0.903. The molecule has 0 bridgehead atoms. The fourth-order valence-electron chi connectivity index (χ4n) is 3.63. The van der Waals surface area contributed by atoms with Gasteiger partial charge in [0.25, 0.3) is 5.91 Å². The summed E-state index contributed by atoms with van der Waals surface area (Å²) in [6.07, 6.45) is 4.49. The maximum absolute atomic E-state index is 12.6. The zero-order valence-electron chi connectivity index (χ0n) is 13.0. The topological polar surface area (TPSA) is 69.6 Å². The number of hydrogen-bond donors (Lipinski definition) is 1. The van der Waals surface area contributed by atoms with Crippen molar-refractivity contribution in [2.75, 3.05) is 31.1 Å². The van der Waals surface area contributed by atoms with Crippen molar-refractivity contribution in [1.29, 1.82) is 0 Å². The largest absolute Gasteiger partial charge is 0.506 e. The number of nitrogens with zero attached hydrogens (tertiary/aromatic N) is 4. The fourth-order valence-corrected chi connectivity index (χ4v) is 3.74. The molecule has 0 aromatic carbocycles. The highest BCUT2D eigenvalue weighted by atomic mass is 35.5. The molecule has 4 heterocycles. The molecule has 2 atom stereocenters. The molecule has 2 aromatic rings. The molecule has 6 nitrogen and oxygen atoms in total. The lowest BCUT2D eigenvalue weighted by Crippen LogP contribution is -2.33. The normalized spacial score (nSPS) is 22.7. The van der Waals surface area contributed by atoms with Gasteiger partial charge in [0, 0.05) is 50.4 Å². The van der Waals surface area contributed by atoms with E-state index in [2.05, 4.69) is 14.9 Å². The molecule has 2 unspecified atom stereocenters. The van der Waals surface area contributed by atoms with Crippen LogP contribution in [0.15, 0.2) is 36.8 Å². The average molecular weight is 345 g/mol. The molecule has 1 amide bonds. The fraction of sp³-hybridized carbons (Fsp3) is 0.353. The van der Waals surface area contributed by atoms with Gasteiger partial charge in [0.15, 0.2) is 0 Å². The summed E-state index contributed by atoms with van der Waals surface area (Å²) in [5, 5.41) is 10.1. The van der Waals surface area contributed by atoms with Crippen molar-refractivity contribution in [3.63, 3.8) is 0 Å². The van der Waals surface area contributed by atoms with E-state index in [1.54, 1.807) is 6.20 Å². The Morgan fingerprint density at radius 1 is 1.12 bits per heavy atom. The van der Waals surface area contributed by atoms with E-state index in [-0.39, 0.29) is 11.7 Å². The molecule has 7 heteroatoms.